The molecule has 2 aliphatic rings. The van der Waals surface area contributed by atoms with E-state index in [9.17, 15) is 4.79 Å². The van der Waals surface area contributed by atoms with Gasteiger partial charge >= 0.3 is 6.03 Å². The molecule has 2 aromatic carbocycles. The fraction of sp³-hybridized carbons (Fsp3) is 0.231. The Balaban J connectivity index is 1.36. The molecule has 35 heavy (non-hydrogen) atoms. The molecule has 0 saturated heterocycles. The minimum absolute atomic E-state index is 0.0516. The largest absolute Gasteiger partial charge is 0.334 e. The number of amides is 2. The van der Waals surface area contributed by atoms with E-state index < -0.39 is 0 Å². The number of nitrogens with zero attached hydrogens (tertiary/aromatic N) is 5. The summed E-state index contributed by atoms with van der Waals surface area (Å²) in [5, 5.41) is 13.5. The molecule has 9 heteroatoms. The van der Waals surface area contributed by atoms with E-state index in [1.54, 1.807) is 11.3 Å². The first-order valence-electron chi connectivity index (χ1n) is 11.5. The number of urea groups is 1. The molecule has 2 amide bonds. The van der Waals surface area contributed by atoms with Crippen molar-refractivity contribution in [3.63, 3.8) is 0 Å². The fourth-order valence-corrected chi connectivity index (χ4v) is 6.38. The number of aliphatic imine (C=N–C) groups is 1. The van der Waals surface area contributed by atoms with Crippen LogP contribution in [0.25, 0.3) is 5.00 Å². The molecule has 4 heterocycles. The highest BCUT2D eigenvalue weighted by molar-refractivity contribution is 7.15. The van der Waals surface area contributed by atoms with Gasteiger partial charge in [-0.05, 0) is 30.5 Å². The SMILES string of the molecule is Cc1nnc2n1-c1sc3c(c1C(c1ccccc1Cl)=NC2)CCN(C(=O)NCc1ccccc1)C3. The number of rotatable bonds is 3. The number of carbonyl (C=O) groups excluding carboxylic acids is 1. The first-order chi connectivity index (χ1) is 17.1. The van der Waals surface area contributed by atoms with Gasteiger partial charge in [0.15, 0.2) is 5.82 Å². The normalized spacial score (nSPS) is 14.5. The Kier molecular flexibility index (Phi) is 5.62. The van der Waals surface area contributed by atoms with Crippen molar-refractivity contribution >= 4 is 34.7 Å². The summed E-state index contributed by atoms with van der Waals surface area (Å²) in [5.74, 6) is 1.63. The third kappa shape index (κ3) is 3.92. The second-order valence-corrected chi connectivity index (χ2v) is 10.1. The summed E-state index contributed by atoms with van der Waals surface area (Å²) < 4.78 is 2.10. The van der Waals surface area contributed by atoms with Crippen molar-refractivity contribution < 1.29 is 4.79 Å². The molecular weight excluding hydrogens is 480 g/mol. The van der Waals surface area contributed by atoms with Crippen LogP contribution >= 0.6 is 22.9 Å². The van der Waals surface area contributed by atoms with Gasteiger partial charge in [0, 0.05) is 34.1 Å². The quantitative estimate of drug-likeness (QED) is 0.432. The second kappa shape index (κ2) is 8.94. The minimum Gasteiger partial charge on any atom is -0.334 e. The van der Waals surface area contributed by atoms with Gasteiger partial charge in [-0.3, -0.25) is 9.56 Å². The summed E-state index contributed by atoms with van der Waals surface area (Å²) in [5.41, 5.74) is 5.20. The van der Waals surface area contributed by atoms with Crippen LogP contribution in [0.1, 0.15) is 38.8 Å². The van der Waals surface area contributed by atoms with Crippen LogP contribution in [0.15, 0.2) is 59.6 Å². The van der Waals surface area contributed by atoms with E-state index in [0.29, 0.717) is 31.2 Å². The van der Waals surface area contributed by atoms with Crippen molar-refractivity contribution in [2.45, 2.75) is 33.0 Å². The maximum absolute atomic E-state index is 13.0. The van der Waals surface area contributed by atoms with E-state index >= 15 is 0 Å². The minimum atomic E-state index is -0.0516. The first kappa shape index (κ1) is 22.0. The Bertz CT molecular complexity index is 1460. The van der Waals surface area contributed by atoms with E-state index in [4.69, 9.17) is 16.6 Å². The summed E-state index contributed by atoms with van der Waals surface area (Å²) in [7, 11) is 0. The monoisotopic (exact) mass is 502 g/mol. The van der Waals surface area contributed by atoms with Crippen molar-refractivity contribution in [1.82, 2.24) is 25.0 Å². The van der Waals surface area contributed by atoms with Gasteiger partial charge in [-0.2, -0.15) is 0 Å². The summed E-state index contributed by atoms with van der Waals surface area (Å²) in [6.45, 7) is 4.10. The van der Waals surface area contributed by atoms with Gasteiger partial charge in [0.1, 0.15) is 17.4 Å². The van der Waals surface area contributed by atoms with E-state index in [2.05, 4.69) is 20.1 Å². The highest BCUT2D eigenvalue weighted by Gasteiger charge is 2.33. The third-order valence-electron chi connectivity index (χ3n) is 6.45. The first-order valence-corrected chi connectivity index (χ1v) is 12.7. The van der Waals surface area contributed by atoms with Gasteiger partial charge in [0.05, 0.1) is 12.3 Å². The van der Waals surface area contributed by atoms with Crippen molar-refractivity contribution in [3.05, 3.63) is 98.4 Å². The second-order valence-electron chi connectivity index (χ2n) is 8.64. The Morgan fingerprint density at radius 3 is 2.74 bits per heavy atom. The van der Waals surface area contributed by atoms with Gasteiger partial charge < -0.3 is 10.2 Å². The molecule has 0 atom stereocenters. The van der Waals surface area contributed by atoms with Crippen molar-refractivity contribution in [1.29, 1.82) is 0 Å². The molecule has 2 aliphatic heterocycles. The zero-order valence-corrected chi connectivity index (χ0v) is 20.7. The molecule has 0 aliphatic carbocycles. The highest BCUT2D eigenvalue weighted by atomic mass is 35.5. The number of aryl methyl sites for hydroxylation is 1. The summed E-state index contributed by atoms with van der Waals surface area (Å²) >= 11 is 8.31. The van der Waals surface area contributed by atoms with Crippen molar-refractivity contribution in [3.8, 4) is 5.00 Å². The average Bonchev–Trinajstić information content (AvgIpc) is 3.39. The predicted octanol–water partition coefficient (Wildman–Crippen LogP) is 4.91. The van der Waals surface area contributed by atoms with Gasteiger partial charge in [0.25, 0.3) is 0 Å². The molecule has 176 valence electrons. The molecule has 0 radical (unpaired) electrons. The number of nitrogens with one attached hydrogen (secondary N) is 1. The molecule has 0 spiro atoms. The molecule has 1 N–H and O–H groups in total. The highest BCUT2D eigenvalue weighted by Crippen LogP contribution is 2.40. The van der Waals surface area contributed by atoms with Crippen LogP contribution in [0.2, 0.25) is 5.02 Å². The smallest absolute Gasteiger partial charge is 0.318 e. The molecule has 4 aromatic rings. The molecule has 2 aromatic heterocycles. The van der Waals surface area contributed by atoms with Crippen LogP contribution in [-0.2, 0) is 26.1 Å². The number of hydrogen-bond acceptors (Lipinski definition) is 5. The van der Waals surface area contributed by atoms with E-state index in [-0.39, 0.29) is 6.03 Å². The Morgan fingerprint density at radius 2 is 1.91 bits per heavy atom. The molecule has 0 bridgehead atoms. The lowest BCUT2D eigenvalue weighted by atomic mass is 9.95. The van der Waals surface area contributed by atoms with E-state index in [1.807, 2.05) is 66.4 Å². The molecule has 0 fully saturated rings. The number of halogens is 1. The standard InChI is InChI=1S/C26H23ClN6OS/c1-16-30-31-22-14-28-24(18-9-5-6-10-20(18)27)23-19-11-12-32(15-21(19)35-25(23)33(16)22)26(34)29-13-17-7-3-2-4-8-17/h2-10H,11-15H2,1H3,(H,29,34). The number of hydrogen-bond donors (Lipinski definition) is 1. The number of aromatic nitrogens is 3. The van der Waals surface area contributed by atoms with Crippen LogP contribution in [-0.4, -0.2) is 38.0 Å². The summed E-state index contributed by atoms with van der Waals surface area (Å²) in [4.78, 5) is 21.0. The summed E-state index contributed by atoms with van der Waals surface area (Å²) in [6.07, 6.45) is 0.750. The zero-order chi connectivity index (χ0) is 23.9. The Labute approximate surface area is 212 Å². The lowest BCUT2D eigenvalue weighted by molar-refractivity contribution is 0.192. The summed E-state index contributed by atoms with van der Waals surface area (Å²) in [6, 6.07) is 17.7. The van der Waals surface area contributed by atoms with Crippen LogP contribution in [0.5, 0.6) is 0 Å². The van der Waals surface area contributed by atoms with Crippen LogP contribution in [0.3, 0.4) is 0 Å². The number of fused-ring (bicyclic) bond motifs is 5. The number of thiophene rings is 1. The zero-order valence-electron chi connectivity index (χ0n) is 19.2. The van der Waals surface area contributed by atoms with Crippen molar-refractivity contribution in [2.24, 2.45) is 4.99 Å². The molecular formula is C26H23ClN6OS. The van der Waals surface area contributed by atoms with Gasteiger partial charge in [-0.15, -0.1) is 21.5 Å². The van der Waals surface area contributed by atoms with Crippen LogP contribution in [0.4, 0.5) is 4.79 Å². The maximum Gasteiger partial charge on any atom is 0.318 e. The topological polar surface area (TPSA) is 75.4 Å². The lowest BCUT2D eigenvalue weighted by Crippen LogP contribution is -2.42. The van der Waals surface area contributed by atoms with Crippen LogP contribution < -0.4 is 5.32 Å². The van der Waals surface area contributed by atoms with E-state index in [1.165, 1.54) is 5.56 Å². The molecule has 0 unspecified atom stereocenters. The van der Waals surface area contributed by atoms with E-state index in [0.717, 1.165) is 50.3 Å². The maximum atomic E-state index is 13.0. The molecule has 0 saturated carbocycles. The third-order valence-corrected chi connectivity index (χ3v) is 7.98. The van der Waals surface area contributed by atoms with Gasteiger partial charge in [0.2, 0.25) is 0 Å². The van der Waals surface area contributed by atoms with Crippen molar-refractivity contribution in [2.75, 3.05) is 6.54 Å². The lowest BCUT2D eigenvalue weighted by Gasteiger charge is -2.27. The van der Waals surface area contributed by atoms with Crippen LogP contribution in [0, 0.1) is 6.92 Å². The average molecular weight is 503 g/mol. The van der Waals surface area contributed by atoms with Gasteiger partial charge in [-0.1, -0.05) is 60.1 Å². The molecule has 7 nitrogen and oxygen atoms in total. The fourth-order valence-electron chi connectivity index (χ4n) is 4.72. The predicted molar refractivity (Wildman–Crippen MR) is 138 cm³/mol. The molecule has 6 rings (SSSR count). The Hall–Kier alpha value is -3.49. The number of carbonyl (C=O) groups is 1. The van der Waals surface area contributed by atoms with Gasteiger partial charge in [-0.25, -0.2) is 4.79 Å². The number of benzene rings is 2. The Morgan fingerprint density at radius 1 is 1.11 bits per heavy atom.